The number of nitrogens with zero attached hydrogens (tertiary/aromatic N) is 2. The van der Waals surface area contributed by atoms with Crippen molar-refractivity contribution < 1.29 is 4.79 Å². The first-order valence-corrected chi connectivity index (χ1v) is 11.1. The first kappa shape index (κ1) is 21.2. The third-order valence-corrected chi connectivity index (χ3v) is 6.31. The molecule has 0 saturated carbocycles. The van der Waals surface area contributed by atoms with Crippen LogP contribution >= 0.6 is 23.4 Å². The van der Waals surface area contributed by atoms with Crippen LogP contribution in [0.25, 0.3) is 0 Å². The molecule has 3 rings (SSSR count). The number of halogens is 1. The van der Waals surface area contributed by atoms with Gasteiger partial charge in [-0.2, -0.15) is 0 Å². The average Bonchev–Trinajstić information content (AvgIpc) is 2.68. The smallest absolute Gasteiger partial charge is 0.238 e. The zero-order chi connectivity index (χ0) is 19.9. The molecule has 4 nitrogen and oxygen atoms in total. The second-order valence-corrected chi connectivity index (χ2v) is 8.84. The molecule has 6 heteroatoms. The summed E-state index contributed by atoms with van der Waals surface area (Å²) in [6.07, 6.45) is 0. The van der Waals surface area contributed by atoms with Crippen LogP contribution in [0.5, 0.6) is 0 Å². The first-order valence-electron chi connectivity index (χ1n) is 9.70. The predicted octanol–water partition coefficient (Wildman–Crippen LogP) is 4.31. The van der Waals surface area contributed by atoms with Crippen LogP contribution in [0, 0.1) is 13.8 Å². The zero-order valence-corrected chi connectivity index (χ0v) is 18.2. The van der Waals surface area contributed by atoms with Crippen molar-refractivity contribution in [1.82, 2.24) is 9.80 Å². The molecule has 1 aliphatic heterocycles. The SMILES string of the molecule is Cc1cccc(C)c1NC(=O)CN1CCN(CCSc2ccc(Cl)cc2)CC1. The van der Waals surface area contributed by atoms with Crippen molar-refractivity contribution in [2.75, 3.05) is 50.3 Å². The van der Waals surface area contributed by atoms with Gasteiger partial charge in [-0.3, -0.25) is 14.6 Å². The van der Waals surface area contributed by atoms with Gasteiger partial charge < -0.3 is 5.32 Å². The summed E-state index contributed by atoms with van der Waals surface area (Å²) < 4.78 is 0. The van der Waals surface area contributed by atoms with E-state index in [4.69, 9.17) is 11.6 Å². The van der Waals surface area contributed by atoms with E-state index in [1.165, 1.54) is 4.90 Å². The maximum atomic E-state index is 12.4. The minimum Gasteiger partial charge on any atom is -0.324 e. The lowest BCUT2D eigenvalue weighted by atomic mass is 10.1. The molecule has 28 heavy (non-hydrogen) atoms. The van der Waals surface area contributed by atoms with E-state index in [9.17, 15) is 4.79 Å². The molecule has 0 spiro atoms. The van der Waals surface area contributed by atoms with Crippen molar-refractivity contribution in [3.63, 3.8) is 0 Å². The average molecular weight is 418 g/mol. The predicted molar refractivity (Wildman–Crippen MR) is 120 cm³/mol. The third-order valence-electron chi connectivity index (χ3n) is 5.07. The number of thioether (sulfide) groups is 1. The van der Waals surface area contributed by atoms with Gasteiger partial charge in [0.2, 0.25) is 5.91 Å². The Balaban J connectivity index is 1.36. The van der Waals surface area contributed by atoms with E-state index in [0.717, 1.165) is 60.3 Å². The minimum atomic E-state index is 0.0733. The Morgan fingerprint density at radius 2 is 1.61 bits per heavy atom. The molecule has 1 amide bonds. The molecule has 0 aliphatic carbocycles. The highest BCUT2D eigenvalue weighted by Gasteiger charge is 2.19. The number of nitrogens with one attached hydrogen (secondary N) is 1. The van der Waals surface area contributed by atoms with Gasteiger partial charge in [-0.25, -0.2) is 0 Å². The molecule has 1 N–H and O–H groups in total. The Morgan fingerprint density at radius 1 is 1.00 bits per heavy atom. The number of anilines is 1. The largest absolute Gasteiger partial charge is 0.324 e. The fourth-order valence-electron chi connectivity index (χ4n) is 3.39. The van der Waals surface area contributed by atoms with Gasteiger partial charge >= 0.3 is 0 Å². The van der Waals surface area contributed by atoms with Crippen LogP contribution < -0.4 is 5.32 Å². The van der Waals surface area contributed by atoms with Gasteiger partial charge in [-0.15, -0.1) is 11.8 Å². The minimum absolute atomic E-state index is 0.0733. The van der Waals surface area contributed by atoms with Crippen molar-refractivity contribution in [2.24, 2.45) is 0 Å². The molecule has 1 saturated heterocycles. The fraction of sp³-hybridized carbons (Fsp3) is 0.409. The molecule has 1 heterocycles. The standard InChI is InChI=1S/C22H28ClN3OS/c1-17-4-3-5-18(2)22(17)24-21(27)16-26-12-10-25(11-13-26)14-15-28-20-8-6-19(23)7-9-20/h3-9H,10-16H2,1-2H3,(H,24,27). The number of hydrogen-bond acceptors (Lipinski definition) is 4. The van der Waals surface area contributed by atoms with Crippen molar-refractivity contribution in [3.8, 4) is 0 Å². The van der Waals surface area contributed by atoms with E-state index in [-0.39, 0.29) is 5.91 Å². The van der Waals surface area contributed by atoms with E-state index in [1.54, 1.807) is 0 Å². The Bertz CT molecular complexity index is 769. The molecule has 0 aromatic heterocycles. The van der Waals surface area contributed by atoms with E-state index < -0.39 is 0 Å². The molecule has 0 atom stereocenters. The number of benzene rings is 2. The summed E-state index contributed by atoms with van der Waals surface area (Å²) >= 11 is 7.79. The van der Waals surface area contributed by atoms with Crippen molar-refractivity contribution in [3.05, 3.63) is 58.6 Å². The Kier molecular flexibility index (Phi) is 7.80. The quantitative estimate of drug-likeness (QED) is 0.681. The van der Waals surface area contributed by atoms with Crippen molar-refractivity contribution in [2.45, 2.75) is 18.7 Å². The van der Waals surface area contributed by atoms with Gasteiger partial charge in [0, 0.05) is 54.1 Å². The summed E-state index contributed by atoms with van der Waals surface area (Å²) in [7, 11) is 0. The molecule has 2 aromatic carbocycles. The highest BCUT2D eigenvalue weighted by Crippen LogP contribution is 2.21. The first-order chi connectivity index (χ1) is 13.5. The van der Waals surface area contributed by atoms with Crippen molar-refractivity contribution >= 4 is 35.0 Å². The molecule has 0 radical (unpaired) electrons. The van der Waals surface area contributed by atoms with Gasteiger partial charge in [-0.1, -0.05) is 29.8 Å². The Morgan fingerprint density at radius 3 is 2.25 bits per heavy atom. The number of piperazine rings is 1. The Hall–Kier alpha value is -1.53. The second-order valence-electron chi connectivity index (χ2n) is 7.24. The van der Waals surface area contributed by atoms with Crippen LogP contribution in [0.3, 0.4) is 0 Å². The maximum absolute atomic E-state index is 12.4. The molecule has 0 bridgehead atoms. The van der Waals surface area contributed by atoms with Gasteiger partial charge in [0.15, 0.2) is 0 Å². The lowest BCUT2D eigenvalue weighted by molar-refractivity contribution is -0.117. The number of carbonyl (C=O) groups excluding carboxylic acids is 1. The summed E-state index contributed by atoms with van der Waals surface area (Å²) in [6, 6.07) is 14.1. The number of carbonyl (C=O) groups is 1. The topological polar surface area (TPSA) is 35.6 Å². The normalized spacial score (nSPS) is 15.5. The van der Waals surface area contributed by atoms with Crippen LogP contribution in [-0.2, 0) is 4.79 Å². The van der Waals surface area contributed by atoms with Gasteiger partial charge in [0.1, 0.15) is 0 Å². The molecule has 0 unspecified atom stereocenters. The molecule has 1 aliphatic rings. The summed E-state index contributed by atoms with van der Waals surface area (Å²) in [5.41, 5.74) is 3.16. The van der Waals surface area contributed by atoms with Gasteiger partial charge in [-0.05, 0) is 49.2 Å². The lowest BCUT2D eigenvalue weighted by Crippen LogP contribution is -2.49. The molecular weight excluding hydrogens is 390 g/mol. The number of amides is 1. The van der Waals surface area contributed by atoms with Gasteiger partial charge in [0.05, 0.1) is 6.54 Å². The molecule has 1 fully saturated rings. The summed E-state index contributed by atoms with van der Waals surface area (Å²) in [5.74, 6) is 1.14. The highest BCUT2D eigenvalue weighted by molar-refractivity contribution is 7.99. The molecule has 2 aromatic rings. The number of aryl methyl sites for hydroxylation is 2. The fourth-order valence-corrected chi connectivity index (χ4v) is 4.43. The van der Waals surface area contributed by atoms with E-state index in [2.05, 4.69) is 27.2 Å². The number of hydrogen-bond donors (Lipinski definition) is 1. The summed E-state index contributed by atoms with van der Waals surface area (Å²) in [4.78, 5) is 18.4. The highest BCUT2D eigenvalue weighted by atomic mass is 35.5. The summed E-state index contributed by atoms with van der Waals surface area (Å²) in [5, 5.41) is 3.87. The van der Waals surface area contributed by atoms with E-state index in [1.807, 2.05) is 55.9 Å². The number of para-hydroxylation sites is 1. The van der Waals surface area contributed by atoms with Gasteiger partial charge in [0.25, 0.3) is 0 Å². The summed E-state index contributed by atoms with van der Waals surface area (Å²) in [6.45, 7) is 9.48. The van der Waals surface area contributed by atoms with E-state index in [0.29, 0.717) is 6.54 Å². The molecular formula is C22H28ClN3OS. The molecule has 150 valence electrons. The van der Waals surface area contributed by atoms with Crippen LogP contribution in [0.4, 0.5) is 5.69 Å². The second kappa shape index (κ2) is 10.3. The lowest BCUT2D eigenvalue weighted by Gasteiger charge is -2.34. The third kappa shape index (κ3) is 6.24. The van der Waals surface area contributed by atoms with Crippen LogP contribution in [0.1, 0.15) is 11.1 Å². The number of rotatable bonds is 7. The Labute approximate surface area is 177 Å². The van der Waals surface area contributed by atoms with Crippen molar-refractivity contribution in [1.29, 1.82) is 0 Å². The maximum Gasteiger partial charge on any atom is 0.238 e. The monoisotopic (exact) mass is 417 g/mol. The van der Waals surface area contributed by atoms with Crippen LogP contribution in [-0.4, -0.2) is 60.7 Å². The van der Waals surface area contributed by atoms with E-state index >= 15 is 0 Å². The zero-order valence-electron chi connectivity index (χ0n) is 16.6. The van der Waals surface area contributed by atoms with Crippen LogP contribution in [0.2, 0.25) is 5.02 Å². The van der Waals surface area contributed by atoms with Crippen LogP contribution in [0.15, 0.2) is 47.4 Å².